The third-order valence-corrected chi connectivity index (χ3v) is 6.29. The fourth-order valence-electron chi connectivity index (χ4n) is 3.37. The van der Waals surface area contributed by atoms with Crippen molar-refractivity contribution in [2.24, 2.45) is 0 Å². The van der Waals surface area contributed by atoms with Crippen molar-refractivity contribution in [1.82, 2.24) is 4.98 Å². The minimum atomic E-state index is -4.73. The number of carbonyl (C=O) groups excluding carboxylic acids is 1. The number of hydrogen-bond donors (Lipinski definition) is 1. The molecule has 32 heavy (non-hydrogen) atoms. The molecular formula is C23H15F5N2OS. The van der Waals surface area contributed by atoms with Crippen LogP contribution in [0.5, 0.6) is 0 Å². The first-order valence-corrected chi connectivity index (χ1v) is 10.2. The average molecular weight is 462 g/mol. The summed E-state index contributed by atoms with van der Waals surface area (Å²) in [7, 11) is 0. The lowest BCUT2D eigenvalue weighted by molar-refractivity contribution is -0.140. The first-order valence-electron chi connectivity index (χ1n) is 9.35. The van der Waals surface area contributed by atoms with Gasteiger partial charge in [-0.3, -0.25) is 4.79 Å². The van der Waals surface area contributed by atoms with Crippen molar-refractivity contribution in [3.63, 3.8) is 0 Å². The maximum atomic E-state index is 14.2. The molecule has 0 aliphatic rings. The number of nitrogen functional groups attached to an aromatic ring is 1. The molecule has 2 aromatic heterocycles. The van der Waals surface area contributed by atoms with Gasteiger partial charge in [-0.05, 0) is 54.3 Å². The van der Waals surface area contributed by atoms with Gasteiger partial charge in [0, 0.05) is 11.5 Å². The average Bonchev–Trinajstić information content (AvgIpc) is 3.05. The smallest absolute Gasteiger partial charge is 0.397 e. The van der Waals surface area contributed by atoms with Gasteiger partial charge in [-0.1, -0.05) is 18.2 Å². The number of aromatic nitrogens is 1. The highest BCUT2D eigenvalue weighted by molar-refractivity contribution is 7.21. The topological polar surface area (TPSA) is 56.0 Å². The lowest BCUT2D eigenvalue weighted by Gasteiger charge is -2.12. The minimum Gasteiger partial charge on any atom is -0.397 e. The monoisotopic (exact) mass is 462 g/mol. The van der Waals surface area contributed by atoms with E-state index < -0.39 is 34.9 Å². The number of fused-ring (bicyclic) bond motifs is 1. The Balaban J connectivity index is 2.00. The Kier molecular flexibility index (Phi) is 5.24. The van der Waals surface area contributed by atoms with E-state index in [0.29, 0.717) is 23.0 Å². The lowest BCUT2D eigenvalue weighted by atomic mass is 9.97. The molecule has 0 fully saturated rings. The molecule has 164 valence electrons. The third-order valence-electron chi connectivity index (χ3n) is 5.19. The highest BCUT2D eigenvalue weighted by Crippen LogP contribution is 2.43. The van der Waals surface area contributed by atoms with Crippen molar-refractivity contribution >= 4 is 33.0 Å². The summed E-state index contributed by atoms with van der Waals surface area (Å²) in [6, 6.07) is 8.49. The van der Waals surface area contributed by atoms with E-state index in [1.807, 2.05) is 13.8 Å². The number of ketones is 1. The first kappa shape index (κ1) is 21.9. The lowest BCUT2D eigenvalue weighted by Crippen LogP contribution is -2.08. The molecule has 2 aromatic carbocycles. The summed E-state index contributed by atoms with van der Waals surface area (Å²) in [6.45, 7) is 3.69. The molecule has 9 heteroatoms. The summed E-state index contributed by atoms with van der Waals surface area (Å²) >= 11 is 0.640. The van der Waals surface area contributed by atoms with E-state index in [1.54, 1.807) is 18.2 Å². The fourth-order valence-corrected chi connectivity index (χ4v) is 4.44. The fraction of sp³-hybridized carbons (Fsp3) is 0.130. The van der Waals surface area contributed by atoms with Crippen molar-refractivity contribution in [3.05, 3.63) is 81.4 Å². The molecule has 0 saturated heterocycles. The van der Waals surface area contributed by atoms with Gasteiger partial charge >= 0.3 is 6.18 Å². The molecule has 2 heterocycles. The van der Waals surface area contributed by atoms with Crippen LogP contribution in [0.4, 0.5) is 27.6 Å². The number of rotatable bonds is 3. The normalized spacial score (nSPS) is 11.8. The van der Waals surface area contributed by atoms with E-state index in [9.17, 15) is 26.7 Å². The molecule has 0 unspecified atom stereocenters. The Hall–Kier alpha value is -3.33. The number of benzene rings is 2. The van der Waals surface area contributed by atoms with E-state index in [1.165, 1.54) is 0 Å². The molecule has 0 bridgehead atoms. The Morgan fingerprint density at radius 2 is 1.72 bits per heavy atom. The van der Waals surface area contributed by atoms with Crippen molar-refractivity contribution in [3.8, 4) is 11.1 Å². The van der Waals surface area contributed by atoms with Gasteiger partial charge in [-0.2, -0.15) is 13.2 Å². The van der Waals surface area contributed by atoms with Crippen LogP contribution in [0.3, 0.4) is 0 Å². The number of nitrogens with zero attached hydrogens (tertiary/aromatic N) is 1. The number of alkyl halides is 3. The van der Waals surface area contributed by atoms with Crippen molar-refractivity contribution in [1.29, 1.82) is 0 Å². The maximum Gasteiger partial charge on any atom is 0.433 e. The second-order valence-electron chi connectivity index (χ2n) is 7.33. The predicted molar refractivity (Wildman–Crippen MR) is 114 cm³/mol. The number of aryl methyl sites for hydroxylation is 2. The Morgan fingerprint density at radius 3 is 2.34 bits per heavy atom. The van der Waals surface area contributed by atoms with E-state index in [-0.39, 0.29) is 26.3 Å². The summed E-state index contributed by atoms with van der Waals surface area (Å²) in [6.07, 6.45) is -4.73. The summed E-state index contributed by atoms with van der Waals surface area (Å²) in [5.41, 5.74) is 6.98. The molecule has 0 aliphatic heterocycles. The molecular weight excluding hydrogens is 447 g/mol. The number of pyridine rings is 1. The second kappa shape index (κ2) is 7.67. The van der Waals surface area contributed by atoms with Gasteiger partial charge in [-0.25, -0.2) is 13.8 Å². The van der Waals surface area contributed by atoms with Gasteiger partial charge in [0.2, 0.25) is 5.78 Å². The standard InChI is InChI=1S/C23H15F5N2OS/c1-10-3-4-12(7-11(10)2)15-9-17(23(26,27)28)30-22-18(15)19(29)21(32-22)20(31)14-6-5-13(24)8-16(14)25/h3-9H,29H2,1-2H3. The zero-order valence-electron chi connectivity index (χ0n) is 16.8. The van der Waals surface area contributed by atoms with Crippen LogP contribution in [0.1, 0.15) is 32.1 Å². The molecule has 0 atom stereocenters. The zero-order chi connectivity index (χ0) is 23.4. The van der Waals surface area contributed by atoms with Gasteiger partial charge in [0.05, 0.1) is 11.3 Å². The van der Waals surface area contributed by atoms with E-state index in [2.05, 4.69) is 4.98 Å². The summed E-state index contributed by atoms with van der Waals surface area (Å²) in [4.78, 5) is 16.3. The molecule has 0 radical (unpaired) electrons. The number of halogens is 5. The molecule has 0 saturated carbocycles. The molecule has 0 aliphatic carbocycles. The van der Waals surface area contributed by atoms with Crippen LogP contribution < -0.4 is 5.73 Å². The van der Waals surface area contributed by atoms with Crippen LogP contribution in [0.25, 0.3) is 21.3 Å². The summed E-state index contributed by atoms with van der Waals surface area (Å²) in [5, 5.41) is 0.178. The molecule has 0 spiro atoms. The Labute approximate surface area is 183 Å². The Bertz CT molecular complexity index is 1390. The molecule has 4 rings (SSSR count). The van der Waals surface area contributed by atoms with E-state index >= 15 is 0 Å². The van der Waals surface area contributed by atoms with Gasteiger partial charge in [0.25, 0.3) is 0 Å². The maximum absolute atomic E-state index is 14.2. The predicted octanol–water partition coefficient (Wildman–Crippen LogP) is 6.69. The number of nitrogens with two attached hydrogens (primary N) is 1. The number of thiophene rings is 1. The van der Waals surface area contributed by atoms with Crippen LogP contribution >= 0.6 is 11.3 Å². The molecule has 0 amide bonds. The minimum absolute atomic E-state index is 0.101. The largest absolute Gasteiger partial charge is 0.433 e. The van der Waals surface area contributed by atoms with Gasteiger partial charge in [0.15, 0.2) is 0 Å². The van der Waals surface area contributed by atoms with E-state index in [4.69, 9.17) is 5.73 Å². The molecule has 2 N–H and O–H groups in total. The highest BCUT2D eigenvalue weighted by atomic mass is 32.1. The summed E-state index contributed by atoms with van der Waals surface area (Å²) in [5.74, 6) is -2.82. The van der Waals surface area contributed by atoms with Gasteiger partial charge in [0.1, 0.15) is 27.0 Å². The number of hydrogen-bond acceptors (Lipinski definition) is 4. The molecule has 4 aromatic rings. The first-order chi connectivity index (χ1) is 15.0. The quantitative estimate of drug-likeness (QED) is 0.273. The van der Waals surface area contributed by atoms with Crippen LogP contribution in [-0.2, 0) is 6.18 Å². The second-order valence-corrected chi connectivity index (χ2v) is 8.33. The van der Waals surface area contributed by atoms with Gasteiger partial charge in [-0.15, -0.1) is 11.3 Å². The number of carbonyl (C=O) groups is 1. The number of anilines is 1. The Morgan fingerprint density at radius 1 is 1.00 bits per heavy atom. The van der Waals surface area contributed by atoms with Crippen LogP contribution in [0.15, 0.2) is 42.5 Å². The van der Waals surface area contributed by atoms with Crippen LogP contribution in [0, 0.1) is 25.5 Å². The summed E-state index contributed by atoms with van der Waals surface area (Å²) < 4.78 is 68.0. The van der Waals surface area contributed by atoms with Crippen molar-refractivity contribution in [2.45, 2.75) is 20.0 Å². The van der Waals surface area contributed by atoms with Crippen molar-refractivity contribution < 1.29 is 26.7 Å². The zero-order valence-corrected chi connectivity index (χ0v) is 17.6. The van der Waals surface area contributed by atoms with E-state index in [0.717, 1.165) is 29.3 Å². The molecule has 3 nitrogen and oxygen atoms in total. The third kappa shape index (κ3) is 3.73. The van der Waals surface area contributed by atoms with Crippen LogP contribution in [-0.4, -0.2) is 10.8 Å². The van der Waals surface area contributed by atoms with Crippen molar-refractivity contribution in [2.75, 3.05) is 5.73 Å². The highest BCUT2D eigenvalue weighted by Gasteiger charge is 2.35. The van der Waals surface area contributed by atoms with Gasteiger partial charge < -0.3 is 5.73 Å². The SMILES string of the molecule is Cc1ccc(-c2cc(C(F)(F)F)nc3sc(C(=O)c4ccc(F)cc4F)c(N)c23)cc1C. The van der Waals surface area contributed by atoms with Crippen LogP contribution in [0.2, 0.25) is 0 Å².